The summed E-state index contributed by atoms with van der Waals surface area (Å²) < 4.78 is 26.5. The number of nitrogens with zero attached hydrogens (tertiary/aromatic N) is 1. The number of carboxylic acids is 1. The van der Waals surface area contributed by atoms with Crippen LogP contribution in [-0.4, -0.2) is 40.5 Å². The molecule has 0 unspecified atom stereocenters. The maximum Gasteiger partial charge on any atom is 0.303 e. The highest BCUT2D eigenvalue weighted by molar-refractivity contribution is 5.66. The van der Waals surface area contributed by atoms with E-state index in [-0.39, 0.29) is 31.5 Å². The molecule has 1 fully saturated rings. The monoisotopic (exact) mass is 235 g/mol. The molecule has 0 aromatic rings. The lowest BCUT2D eigenvalue weighted by molar-refractivity contribution is -0.137. The number of rotatable bonds is 5. The number of halogens is 2. The molecule has 16 heavy (non-hydrogen) atoms. The molecular formula is C11H19F2NO2. The lowest BCUT2D eigenvalue weighted by Crippen LogP contribution is -2.36. The standard InChI is InChI=1S/C11H19F2NO2/c1-8(2)14-7-11(12,13)6-9(14)4-3-5-10(15)16/h8-9H,3-7H2,1-2H3,(H,15,16)/t9-/m1/s1. The molecule has 0 amide bonds. The first-order valence-electron chi connectivity index (χ1n) is 5.67. The lowest BCUT2D eigenvalue weighted by atomic mass is 10.1. The van der Waals surface area contributed by atoms with Crippen molar-refractivity contribution in [2.75, 3.05) is 6.54 Å². The van der Waals surface area contributed by atoms with Gasteiger partial charge in [-0.15, -0.1) is 0 Å². The Labute approximate surface area is 94.4 Å². The zero-order valence-electron chi connectivity index (χ0n) is 9.75. The lowest BCUT2D eigenvalue weighted by Gasteiger charge is -2.27. The van der Waals surface area contributed by atoms with E-state index >= 15 is 0 Å². The predicted molar refractivity (Wildman–Crippen MR) is 56.7 cm³/mol. The van der Waals surface area contributed by atoms with Gasteiger partial charge in [0.25, 0.3) is 5.92 Å². The topological polar surface area (TPSA) is 40.5 Å². The van der Waals surface area contributed by atoms with Crippen LogP contribution in [-0.2, 0) is 4.79 Å². The second-order valence-electron chi connectivity index (χ2n) is 4.77. The van der Waals surface area contributed by atoms with Crippen LogP contribution in [0, 0.1) is 0 Å². The van der Waals surface area contributed by atoms with Crippen LogP contribution in [0.25, 0.3) is 0 Å². The van der Waals surface area contributed by atoms with Gasteiger partial charge in [-0.3, -0.25) is 9.69 Å². The summed E-state index contributed by atoms with van der Waals surface area (Å²) in [5.74, 6) is -3.47. The van der Waals surface area contributed by atoms with Crippen LogP contribution < -0.4 is 0 Å². The van der Waals surface area contributed by atoms with Crippen molar-refractivity contribution in [2.45, 2.75) is 57.5 Å². The number of carboxylic acid groups (broad SMARTS) is 1. The third-order valence-corrected chi connectivity index (χ3v) is 3.01. The summed E-state index contributed by atoms with van der Waals surface area (Å²) in [6, 6.07) is -0.0856. The summed E-state index contributed by atoms with van der Waals surface area (Å²) in [5, 5.41) is 8.50. The molecular weight excluding hydrogens is 216 g/mol. The summed E-state index contributed by atoms with van der Waals surface area (Å²) in [7, 11) is 0. The molecule has 94 valence electrons. The van der Waals surface area contributed by atoms with Gasteiger partial charge in [0.2, 0.25) is 0 Å². The van der Waals surface area contributed by atoms with E-state index in [1.165, 1.54) is 0 Å². The van der Waals surface area contributed by atoms with Gasteiger partial charge < -0.3 is 5.11 Å². The van der Waals surface area contributed by atoms with Gasteiger partial charge in [-0.25, -0.2) is 8.78 Å². The molecule has 3 nitrogen and oxygen atoms in total. The van der Waals surface area contributed by atoms with Gasteiger partial charge >= 0.3 is 5.97 Å². The average Bonchev–Trinajstić information content (AvgIpc) is 2.40. The Morgan fingerprint density at radius 2 is 2.19 bits per heavy atom. The van der Waals surface area contributed by atoms with E-state index in [1.54, 1.807) is 4.90 Å². The molecule has 0 aromatic carbocycles. The Balaban J connectivity index is 2.47. The second kappa shape index (κ2) is 5.08. The number of hydrogen-bond donors (Lipinski definition) is 1. The van der Waals surface area contributed by atoms with Crippen molar-refractivity contribution in [1.82, 2.24) is 4.90 Å². The van der Waals surface area contributed by atoms with Gasteiger partial charge in [0.1, 0.15) is 0 Å². The molecule has 0 aliphatic carbocycles. The Hall–Kier alpha value is -0.710. The van der Waals surface area contributed by atoms with Crippen molar-refractivity contribution >= 4 is 5.97 Å². The summed E-state index contributed by atoms with van der Waals surface area (Å²) >= 11 is 0. The van der Waals surface area contributed by atoms with E-state index in [2.05, 4.69) is 0 Å². The number of hydrogen-bond acceptors (Lipinski definition) is 2. The highest BCUT2D eigenvalue weighted by Crippen LogP contribution is 2.35. The molecule has 5 heteroatoms. The van der Waals surface area contributed by atoms with E-state index < -0.39 is 11.9 Å². The fourth-order valence-electron chi connectivity index (χ4n) is 2.28. The first-order valence-corrected chi connectivity index (χ1v) is 5.67. The molecule has 1 atom stereocenters. The Morgan fingerprint density at radius 3 is 2.69 bits per heavy atom. The maximum atomic E-state index is 13.2. The van der Waals surface area contributed by atoms with Crippen molar-refractivity contribution in [3.05, 3.63) is 0 Å². The molecule has 1 saturated heterocycles. The van der Waals surface area contributed by atoms with Crippen LogP contribution in [0.4, 0.5) is 8.78 Å². The van der Waals surface area contributed by atoms with Crippen molar-refractivity contribution < 1.29 is 18.7 Å². The number of alkyl halides is 2. The van der Waals surface area contributed by atoms with Crippen molar-refractivity contribution in [3.63, 3.8) is 0 Å². The third kappa shape index (κ3) is 3.70. The largest absolute Gasteiger partial charge is 0.481 e. The molecule has 0 aromatic heterocycles. The minimum Gasteiger partial charge on any atom is -0.481 e. The summed E-state index contributed by atoms with van der Waals surface area (Å²) in [6.45, 7) is 3.60. The fourth-order valence-corrected chi connectivity index (χ4v) is 2.28. The summed E-state index contributed by atoms with van der Waals surface area (Å²) in [6.07, 6.45) is 0.943. The van der Waals surface area contributed by atoms with E-state index in [0.29, 0.717) is 12.8 Å². The quantitative estimate of drug-likeness (QED) is 0.795. The average molecular weight is 235 g/mol. The molecule has 0 bridgehead atoms. The van der Waals surface area contributed by atoms with Gasteiger partial charge in [-0.1, -0.05) is 0 Å². The maximum absolute atomic E-state index is 13.2. The minimum atomic E-state index is -2.61. The molecule has 1 rings (SSSR count). The third-order valence-electron chi connectivity index (χ3n) is 3.01. The van der Waals surface area contributed by atoms with E-state index in [9.17, 15) is 13.6 Å². The smallest absolute Gasteiger partial charge is 0.303 e. The Bertz CT molecular complexity index is 256. The van der Waals surface area contributed by atoms with E-state index in [0.717, 1.165) is 0 Å². The van der Waals surface area contributed by atoms with Crippen molar-refractivity contribution in [2.24, 2.45) is 0 Å². The van der Waals surface area contributed by atoms with Gasteiger partial charge in [0.05, 0.1) is 6.54 Å². The van der Waals surface area contributed by atoms with Crippen LogP contribution in [0.1, 0.15) is 39.5 Å². The molecule has 1 aliphatic heterocycles. The zero-order valence-corrected chi connectivity index (χ0v) is 9.75. The van der Waals surface area contributed by atoms with Crippen LogP contribution in [0.5, 0.6) is 0 Å². The Morgan fingerprint density at radius 1 is 1.56 bits per heavy atom. The molecule has 1 N–H and O–H groups in total. The summed E-state index contributed by atoms with van der Waals surface area (Å²) in [5.41, 5.74) is 0. The molecule has 1 aliphatic rings. The van der Waals surface area contributed by atoms with Crippen LogP contribution in [0.15, 0.2) is 0 Å². The van der Waals surface area contributed by atoms with Crippen molar-refractivity contribution in [1.29, 1.82) is 0 Å². The van der Waals surface area contributed by atoms with Gasteiger partial charge in [-0.2, -0.15) is 0 Å². The van der Waals surface area contributed by atoms with Gasteiger partial charge in [0.15, 0.2) is 0 Å². The predicted octanol–water partition coefficient (Wildman–Crippen LogP) is 2.36. The van der Waals surface area contributed by atoms with E-state index in [1.807, 2.05) is 13.8 Å². The molecule has 1 heterocycles. The second-order valence-corrected chi connectivity index (χ2v) is 4.77. The highest BCUT2D eigenvalue weighted by atomic mass is 19.3. The van der Waals surface area contributed by atoms with Crippen LogP contribution in [0.3, 0.4) is 0 Å². The number of carbonyl (C=O) groups is 1. The molecule has 0 spiro atoms. The van der Waals surface area contributed by atoms with Crippen molar-refractivity contribution in [3.8, 4) is 0 Å². The molecule has 0 saturated carbocycles. The van der Waals surface area contributed by atoms with E-state index in [4.69, 9.17) is 5.11 Å². The SMILES string of the molecule is CC(C)N1CC(F)(F)C[C@H]1CCCC(=O)O. The highest BCUT2D eigenvalue weighted by Gasteiger charge is 2.45. The molecule has 0 radical (unpaired) electrons. The van der Waals surface area contributed by atoms with Gasteiger partial charge in [-0.05, 0) is 26.7 Å². The van der Waals surface area contributed by atoms with Gasteiger partial charge in [0, 0.05) is 24.9 Å². The Kier molecular flexibility index (Phi) is 4.24. The first-order chi connectivity index (χ1) is 7.32. The van der Waals surface area contributed by atoms with Crippen LogP contribution in [0.2, 0.25) is 0 Å². The van der Waals surface area contributed by atoms with Crippen LogP contribution >= 0.6 is 0 Å². The minimum absolute atomic E-state index is 0.0635. The first kappa shape index (κ1) is 13.4. The zero-order chi connectivity index (χ0) is 12.3. The fraction of sp³-hybridized carbons (Fsp3) is 0.909. The number of likely N-dealkylation sites (tertiary alicyclic amines) is 1. The normalized spacial score (nSPS) is 25.2. The summed E-state index contributed by atoms with van der Waals surface area (Å²) in [4.78, 5) is 12.1. The number of aliphatic carboxylic acids is 1.